The van der Waals surface area contributed by atoms with Crippen molar-refractivity contribution in [3.63, 3.8) is 0 Å². The minimum Gasteiger partial charge on any atom is -0.304 e. The molecule has 2 rings (SSSR count). The Morgan fingerprint density at radius 1 is 1.73 bits per heavy atom. The van der Waals surface area contributed by atoms with Gasteiger partial charge in [-0.15, -0.1) is 6.58 Å². The van der Waals surface area contributed by atoms with E-state index in [9.17, 15) is 0 Å². The second-order valence-electron chi connectivity index (χ2n) is 4.31. The van der Waals surface area contributed by atoms with Gasteiger partial charge in [-0.3, -0.25) is 4.68 Å². The summed E-state index contributed by atoms with van der Waals surface area (Å²) >= 11 is 0. The molecular weight excluding hydrogens is 186 g/mol. The summed E-state index contributed by atoms with van der Waals surface area (Å²) in [6.07, 6.45) is 7.56. The number of nitrogens with zero attached hydrogens (tertiary/aromatic N) is 2. The highest BCUT2D eigenvalue weighted by atomic mass is 15.3. The van der Waals surface area contributed by atoms with E-state index in [1.807, 2.05) is 24.0 Å². The third-order valence-corrected chi connectivity index (χ3v) is 3.19. The summed E-state index contributed by atoms with van der Waals surface area (Å²) < 4.78 is 2.00. The summed E-state index contributed by atoms with van der Waals surface area (Å²) in [5.41, 5.74) is 2.76. The fraction of sp³-hybridized carbons (Fsp3) is 0.583. The van der Waals surface area contributed by atoms with Gasteiger partial charge >= 0.3 is 0 Å². The number of rotatable bonds is 3. The molecule has 15 heavy (non-hydrogen) atoms. The molecule has 0 saturated carbocycles. The van der Waals surface area contributed by atoms with E-state index < -0.39 is 0 Å². The van der Waals surface area contributed by atoms with Gasteiger partial charge in [0.25, 0.3) is 0 Å². The van der Waals surface area contributed by atoms with E-state index in [1.54, 1.807) is 0 Å². The number of nitrogens with one attached hydrogen (secondary N) is 1. The summed E-state index contributed by atoms with van der Waals surface area (Å²) in [6, 6.07) is 0.816. The molecule has 0 bridgehead atoms. The van der Waals surface area contributed by atoms with Gasteiger partial charge in [-0.05, 0) is 26.2 Å². The Hall–Kier alpha value is -1.09. The van der Waals surface area contributed by atoms with E-state index in [1.165, 1.54) is 24.1 Å². The zero-order chi connectivity index (χ0) is 10.8. The van der Waals surface area contributed by atoms with Crippen LogP contribution in [-0.4, -0.2) is 15.8 Å². The molecule has 0 fully saturated rings. The zero-order valence-electron chi connectivity index (χ0n) is 9.53. The second-order valence-corrected chi connectivity index (χ2v) is 4.31. The molecule has 1 N–H and O–H groups in total. The minimum absolute atomic E-state index is 0.362. The van der Waals surface area contributed by atoms with Crippen LogP contribution in [0.5, 0.6) is 0 Å². The van der Waals surface area contributed by atoms with Crippen LogP contribution in [0.2, 0.25) is 0 Å². The quantitative estimate of drug-likeness (QED) is 0.764. The zero-order valence-corrected chi connectivity index (χ0v) is 9.53. The van der Waals surface area contributed by atoms with Crippen molar-refractivity contribution in [1.29, 1.82) is 0 Å². The Labute approximate surface area is 91.2 Å². The lowest BCUT2D eigenvalue weighted by atomic mass is 9.92. The smallest absolute Gasteiger partial charge is 0.0540 e. The Balaban J connectivity index is 2.18. The first-order valence-corrected chi connectivity index (χ1v) is 5.61. The molecule has 0 amide bonds. The molecule has 0 radical (unpaired) electrons. The molecule has 0 saturated heterocycles. The van der Waals surface area contributed by atoms with E-state index in [-0.39, 0.29) is 0 Å². The SMILES string of the molecule is C=CC(C)NC1CCCc2c1cnn2C. The molecule has 1 aromatic heterocycles. The monoisotopic (exact) mass is 205 g/mol. The largest absolute Gasteiger partial charge is 0.304 e. The first-order chi connectivity index (χ1) is 7.22. The van der Waals surface area contributed by atoms with Crippen molar-refractivity contribution in [2.45, 2.75) is 38.3 Å². The normalized spacial score (nSPS) is 22.1. The van der Waals surface area contributed by atoms with Crippen LogP contribution in [0.1, 0.15) is 37.1 Å². The average molecular weight is 205 g/mol. The van der Waals surface area contributed by atoms with Crippen LogP contribution >= 0.6 is 0 Å². The highest BCUT2D eigenvalue weighted by Crippen LogP contribution is 2.29. The van der Waals surface area contributed by atoms with Gasteiger partial charge in [0, 0.05) is 30.4 Å². The summed E-state index contributed by atoms with van der Waals surface area (Å²) in [5.74, 6) is 0. The van der Waals surface area contributed by atoms with E-state index in [0.717, 1.165) is 6.42 Å². The molecule has 1 aromatic rings. The van der Waals surface area contributed by atoms with Crippen molar-refractivity contribution in [1.82, 2.24) is 15.1 Å². The van der Waals surface area contributed by atoms with Crippen LogP contribution in [0.25, 0.3) is 0 Å². The molecule has 0 aromatic carbocycles. The van der Waals surface area contributed by atoms with E-state index >= 15 is 0 Å². The molecule has 0 aliphatic heterocycles. The van der Waals surface area contributed by atoms with Crippen LogP contribution in [0.15, 0.2) is 18.9 Å². The molecule has 82 valence electrons. The van der Waals surface area contributed by atoms with Gasteiger partial charge in [0.05, 0.1) is 6.20 Å². The van der Waals surface area contributed by atoms with Crippen LogP contribution in [0, 0.1) is 0 Å². The predicted octanol–water partition coefficient (Wildman–Crippen LogP) is 1.96. The average Bonchev–Trinajstić information content (AvgIpc) is 2.62. The maximum atomic E-state index is 4.33. The van der Waals surface area contributed by atoms with Crippen LogP contribution in [0.4, 0.5) is 0 Å². The minimum atomic E-state index is 0.362. The van der Waals surface area contributed by atoms with E-state index in [0.29, 0.717) is 12.1 Å². The third kappa shape index (κ3) is 1.97. The van der Waals surface area contributed by atoms with E-state index in [4.69, 9.17) is 0 Å². The standard InChI is InChI=1S/C12H19N3/c1-4-9(2)14-11-6-5-7-12-10(11)8-13-15(12)3/h4,8-9,11,14H,1,5-7H2,2-3H3. The molecule has 3 nitrogen and oxygen atoms in total. The molecule has 1 aliphatic rings. The number of fused-ring (bicyclic) bond motifs is 1. The number of aryl methyl sites for hydroxylation is 1. The van der Waals surface area contributed by atoms with Gasteiger partial charge in [0.1, 0.15) is 0 Å². The lowest BCUT2D eigenvalue weighted by Crippen LogP contribution is -2.31. The summed E-state index contributed by atoms with van der Waals surface area (Å²) in [4.78, 5) is 0. The van der Waals surface area contributed by atoms with Crippen molar-refractivity contribution in [3.8, 4) is 0 Å². The van der Waals surface area contributed by atoms with E-state index in [2.05, 4.69) is 23.9 Å². The van der Waals surface area contributed by atoms with Crippen LogP contribution in [-0.2, 0) is 13.5 Å². The first-order valence-electron chi connectivity index (χ1n) is 5.61. The Morgan fingerprint density at radius 2 is 2.53 bits per heavy atom. The van der Waals surface area contributed by atoms with Gasteiger partial charge in [-0.25, -0.2) is 0 Å². The Morgan fingerprint density at radius 3 is 3.27 bits per heavy atom. The van der Waals surface area contributed by atoms with Gasteiger partial charge in [-0.2, -0.15) is 5.10 Å². The maximum Gasteiger partial charge on any atom is 0.0540 e. The summed E-state index contributed by atoms with van der Waals surface area (Å²) in [7, 11) is 2.03. The first kappa shape index (κ1) is 10.4. The molecular formula is C12H19N3. The predicted molar refractivity (Wildman–Crippen MR) is 61.7 cm³/mol. The van der Waals surface area contributed by atoms with Gasteiger partial charge < -0.3 is 5.32 Å². The fourth-order valence-corrected chi connectivity index (χ4v) is 2.26. The van der Waals surface area contributed by atoms with Crippen molar-refractivity contribution in [3.05, 3.63) is 30.1 Å². The number of aromatic nitrogens is 2. The molecule has 0 spiro atoms. The van der Waals surface area contributed by atoms with Crippen LogP contribution < -0.4 is 5.32 Å². The Bertz CT molecular complexity index is 354. The lowest BCUT2D eigenvalue weighted by Gasteiger charge is -2.25. The molecule has 1 heterocycles. The number of hydrogen-bond donors (Lipinski definition) is 1. The molecule has 2 atom stereocenters. The Kier molecular flexibility index (Phi) is 2.91. The van der Waals surface area contributed by atoms with Gasteiger partial charge in [-0.1, -0.05) is 6.08 Å². The van der Waals surface area contributed by atoms with Crippen molar-refractivity contribution in [2.24, 2.45) is 7.05 Å². The van der Waals surface area contributed by atoms with Crippen molar-refractivity contribution in [2.75, 3.05) is 0 Å². The van der Waals surface area contributed by atoms with Gasteiger partial charge in [0.15, 0.2) is 0 Å². The summed E-state index contributed by atoms with van der Waals surface area (Å²) in [6.45, 7) is 5.94. The third-order valence-electron chi connectivity index (χ3n) is 3.19. The molecule has 1 aliphatic carbocycles. The van der Waals surface area contributed by atoms with Crippen molar-refractivity contribution >= 4 is 0 Å². The maximum absolute atomic E-state index is 4.33. The highest BCUT2D eigenvalue weighted by molar-refractivity contribution is 5.25. The fourth-order valence-electron chi connectivity index (χ4n) is 2.26. The second kappa shape index (κ2) is 4.19. The molecule has 3 heteroatoms. The lowest BCUT2D eigenvalue weighted by molar-refractivity contribution is 0.434. The molecule has 2 unspecified atom stereocenters. The topological polar surface area (TPSA) is 29.9 Å². The van der Waals surface area contributed by atoms with Crippen molar-refractivity contribution < 1.29 is 0 Å². The highest BCUT2D eigenvalue weighted by Gasteiger charge is 2.23. The van der Waals surface area contributed by atoms with Crippen LogP contribution in [0.3, 0.4) is 0 Å². The van der Waals surface area contributed by atoms with Gasteiger partial charge in [0.2, 0.25) is 0 Å². The summed E-state index contributed by atoms with van der Waals surface area (Å²) in [5, 5.41) is 7.90. The number of hydrogen-bond acceptors (Lipinski definition) is 2.